The summed E-state index contributed by atoms with van der Waals surface area (Å²) in [6.07, 6.45) is 4.19. The lowest BCUT2D eigenvalue weighted by Gasteiger charge is -2.32. The molecule has 1 saturated carbocycles. The average Bonchev–Trinajstić information content (AvgIpc) is 1.98. The highest BCUT2D eigenvalue weighted by atomic mass is 16.5. The van der Waals surface area contributed by atoms with Crippen molar-refractivity contribution in [1.29, 1.82) is 0 Å². The highest BCUT2D eigenvalue weighted by molar-refractivity contribution is 4.75. The third kappa shape index (κ3) is 2.48. The van der Waals surface area contributed by atoms with E-state index in [4.69, 9.17) is 4.74 Å². The molecule has 0 aromatic rings. The van der Waals surface area contributed by atoms with Gasteiger partial charge in [0.25, 0.3) is 0 Å². The second kappa shape index (κ2) is 4.10. The molecule has 0 heterocycles. The van der Waals surface area contributed by atoms with Crippen molar-refractivity contribution in [1.82, 2.24) is 0 Å². The van der Waals surface area contributed by atoms with Gasteiger partial charge in [-0.1, -0.05) is 26.7 Å². The van der Waals surface area contributed by atoms with Crippen molar-refractivity contribution in [2.75, 3.05) is 13.7 Å². The first-order valence-corrected chi connectivity index (χ1v) is 4.73. The fourth-order valence-electron chi connectivity index (χ4n) is 2.10. The zero-order chi connectivity index (χ0) is 8.27. The minimum absolute atomic E-state index is 0.823. The third-order valence-corrected chi connectivity index (χ3v) is 3.01. The van der Waals surface area contributed by atoms with Crippen LogP contribution in [0.5, 0.6) is 0 Å². The SMILES string of the molecule is COCC1CC(C)CCC1C. The highest BCUT2D eigenvalue weighted by Gasteiger charge is 2.24. The molecule has 1 heteroatoms. The van der Waals surface area contributed by atoms with Gasteiger partial charge in [0.1, 0.15) is 0 Å². The molecule has 66 valence electrons. The topological polar surface area (TPSA) is 9.23 Å². The first-order chi connectivity index (χ1) is 5.24. The Hall–Kier alpha value is -0.0400. The van der Waals surface area contributed by atoms with Crippen LogP contribution in [0.25, 0.3) is 0 Å². The Kier molecular flexibility index (Phi) is 3.38. The summed E-state index contributed by atoms with van der Waals surface area (Å²) in [5.41, 5.74) is 0. The Morgan fingerprint density at radius 1 is 1.27 bits per heavy atom. The van der Waals surface area contributed by atoms with Crippen LogP contribution >= 0.6 is 0 Å². The first kappa shape index (κ1) is 9.05. The van der Waals surface area contributed by atoms with Gasteiger partial charge in [-0.25, -0.2) is 0 Å². The van der Waals surface area contributed by atoms with Crippen molar-refractivity contribution < 1.29 is 4.74 Å². The van der Waals surface area contributed by atoms with Crippen LogP contribution in [-0.4, -0.2) is 13.7 Å². The quantitative estimate of drug-likeness (QED) is 0.597. The van der Waals surface area contributed by atoms with Crippen LogP contribution in [0.2, 0.25) is 0 Å². The molecule has 0 amide bonds. The van der Waals surface area contributed by atoms with Gasteiger partial charge in [-0.05, 0) is 24.2 Å². The molecular formula is C10H20O. The lowest BCUT2D eigenvalue weighted by molar-refractivity contribution is 0.0842. The third-order valence-electron chi connectivity index (χ3n) is 3.01. The number of hydrogen-bond donors (Lipinski definition) is 0. The second-order valence-corrected chi connectivity index (χ2v) is 4.11. The van der Waals surface area contributed by atoms with Crippen LogP contribution in [-0.2, 0) is 4.74 Å². The second-order valence-electron chi connectivity index (χ2n) is 4.11. The van der Waals surface area contributed by atoms with Crippen LogP contribution in [0.3, 0.4) is 0 Å². The van der Waals surface area contributed by atoms with Crippen LogP contribution in [0.1, 0.15) is 33.1 Å². The highest BCUT2D eigenvalue weighted by Crippen LogP contribution is 2.33. The van der Waals surface area contributed by atoms with Crippen molar-refractivity contribution >= 4 is 0 Å². The summed E-state index contributed by atoms with van der Waals surface area (Å²) in [4.78, 5) is 0. The van der Waals surface area contributed by atoms with Crippen molar-refractivity contribution in [3.63, 3.8) is 0 Å². The van der Waals surface area contributed by atoms with E-state index in [1.54, 1.807) is 0 Å². The van der Waals surface area contributed by atoms with Crippen LogP contribution in [0.4, 0.5) is 0 Å². The molecule has 0 saturated heterocycles. The maximum absolute atomic E-state index is 5.20. The standard InChI is InChI=1S/C10H20O/c1-8-4-5-9(2)10(6-8)7-11-3/h8-10H,4-7H2,1-3H3. The van der Waals surface area contributed by atoms with E-state index in [2.05, 4.69) is 13.8 Å². The molecule has 0 aliphatic heterocycles. The lowest BCUT2D eigenvalue weighted by Crippen LogP contribution is -2.25. The van der Waals surface area contributed by atoms with E-state index in [0.29, 0.717) is 0 Å². The molecule has 0 spiro atoms. The van der Waals surface area contributed by atoms with Crippen LogP contribution in [0, 0.1) is 17.8 Å². The van der Waals surface area contributed by atoms with Crippen LogP contribution < -0.4 is 0 Å². The number of ether oxygens (including phenoxy) is 1. The summed E-state index contributed by atoms with van der Waals surface area (Å²) < 4.78 is 5.20. The summed E-state index contributed by atoms with van der Waals surface area (Å²) in [7, 11) is 1.81. The van der Waals surface area contributed by atoms with Gasteiger partial charge >= 0.3 is 0 Å². The molecule has 11 heavy (non-hydrogen) atoms. The molecule has 0 aromatic heterocycles. The Balaban J connectivity index is 2.34. The van der Waals surface area contributed by atoms with Gasteiger partial charge in [0.2, 0.25) is 0 Å². The average molecular weight is 156 g/mol. The van der Waals surface area contributed by atoms with E-state index in [9.17, 15) is 0 Å². The van der Waals surface area contributed by atoms with E-state index in [1.807, 2.05) is 7.11 Å². The molecule has 0 bridgehead atoms. The Morgan fingerprint density at radius 2 is 2.00 bits per heavy atom. The Bertz CT molecular complexity index is 111. The van der Waals surface area contributed by atoms with Crippen molar-refractivity contribution in [2.24, 2.45) is 17.8 Å². The Labute approximate surface area is 70.1 Å². The molecule has 3 unspecified atom stereocenters. The predicted octanol–water partition coefficient (Wildman–Crippen LogP) is 2.71. The van der Waals surface area contributed by atoms with Gasteiger partial charge in [-0.15, -0.1) is 0 Å². The van der Waals surface area contributed by atoms with Gasteiger partial charge in [-0.2, -0.15) is 0 Å². The minimum atomic E-state index is 0.823. The summed E-state index contributed by atoms with van der Waals surface area (Å²) in [5, 5.41) is 0. The summed E-state index contributed by atoms with van der Waals surface area (Å²) in [5.74, 6) is 2.63. The largest absolute Gasteiger partial charge is 0.384 e. The molecule has 1 aliphatic rings. The van der Waals surface area contributed by atoms with Gasteiger partial charge in [0.05, 0.1) is 0 Å². The molecule has 0 N–H and O–H groups in total. The maximum Gasteiger partial charge on any atom is 0.0493 e. The number of rotatable bonds is 2. The molecular weight excluding hydrogens is 136 g/mol. The molecule has 1 nitrogen and oxygen atoms in total. The van der Waals surface area contributed by atoms with E-state index in [-0.39, 0.29) is 0 Å². The minimum Gasteiger partial charge on any atom is -0.384 e. The molecule has 0 radical (unpaired) electrons. The first-order valence-electron chi connectivity index (χ1n) is 4.73. The molecule has 3 atom stereocenters. The van der Waals surface area contributed by atoms with E-state index in [1.165, 1.54) is 19.3 Å². The van der Waals surface area contributed by atoms with E-state index in [0.717, 1.165) is 24.4 Å². The zero-order valence-corrected chi connectivity index (χ0v) is 7.97. The fraction of sp³-hybridized carbons (Fsp3) is 1.00. The van der Waals surface area contributed by atoms with Gasteiger partial charge in [0, 0.05) is 13.7 Å². The van der Waals surface area contributed by atoms with Crippen molar-refractivity contribution in [3.05, 3.63) is 0 Å². The normalized spacial score (nSPS) is 39.0. The monoisotopic (exact) mass is 156 g/mol. The number of hydrogen-bond acceptors (Lipinski definition) is 1. The van der Waals surface area contributed by atoms with E-state index < -0.39 is 0 Å². The molecule has 1 rings (SSSR count). The van der Waals surface area contributed by atoms with Crippen LogP contribution in [0.15, 0.2) is 0 Å². The molecule has 1 fully saturated rings. The van der Waals surface area contributed by atoms with Gasteiger partial charge in [0.15, 0.2) is 0 Å². The van der Waals surface area contributed by atoms with Crippen molar-refractivity contribution in [2.45, 2.75) is 33.1 Å². The molecule has 0 aromatic carbocycles. The smallest absolute Gasteiger partial charge is 0.0493 e. The fourth-order valence-corrected chi connectivity index (χ4v) is 2.10. The maximum atomic E-state index is 5.20. The zero-order valence-electron chi connectivity index (χ0n) is 7.97. The van der Waals surface area contributed by atoms with E-state index >= 15 is 0 Å². The summed E-state index contributed by atoms with van der Waals surface area (Å²) in [6, 6.07) is 0. The van der Waals surface area contributed by atoms with Gasteiger partial charge in [-0.3, -0.25) is 0 Å². The van der Waals surface area contributed by atoms with Crippen molar-refractivity contribution in [3.8, 4) is 0 Å². The number of methoxy groups -OCH3 is 1. The lowest BCUT2D eigenvalue weighted by atomic mass is 9.76. The Morgan fingerprint density at radius 3 is 2.64 bits per heavy atom. The summed E-state index contributed by atoms with van der Waals surface area (Å²) >= 11 is 0. The van der Waals surface area contributed by atoms with Gasteiger partial charge < -0.3 is 4.74 Å². The predicted molar refractivity (Wildman–Crippen MR) is 47.5 cm³/mol. The summed E-state index contributed by atoms with van der Waals surface area (Å²) in [6.45, 7) is 5.68. The molecule has 1 aliphatic carbocycles.